The average molecular weight is 323 g/mol. The number of nitrogens with zero attached hydrogens (tertiary/aromatic N) is 1. The minimum absolute atomic E-state index is 0.112. The monoisotopic (exact) mass is 323 g/mol. The minimum atomic E-state index is 0.112. The van der Waals surface area contributed by atoms with Gasteiger partial charge in [-0.3, -0.25) is 9.69 Å². The van der Waals surface area contributed by atoms with Crippen molar-refractivity contribution in [3.63, 3.8) is 0 Å². The third kappa shape index (κ3) is 4.91. The SMILES string of the molecule is CC(=O)NC1CCC(NC2CCCCC2N2CCOCC2)CC1. The summed E-state index contributed by atoms with van der Waals surface area (Å²) in [6.07, 6.45) is 9.99. The molecule has 3 fully saturated rings. The molecule has 2 saturated carbocycles. The van der Waals surface area contributed by atoms with Crippen LogP contribution in [0.1, 0.15) is 58.3 Å². The fourth-order valence-electron chi connectivity index (χ4n) is 4.65. The average Bonchev–Trinajstić information content (AvgIpc) is 2.57. The maximum atomic E-state index is 11.2. The lowest BCUT2D eigenvalue weighted by Crippen LogP contribution is -2.57. The van der Waals surface area contributed by atoms with Crippen LogP contribution in [-0.2, 0) is 9.53 Å². The predicted octanol–water partition coefficient (Wildman–Crippen LogP) is 1.67. The van der Waals surface area contributed by atoms with Gasteiger partial charge < -0.3 is 15.4 Å². The first-order valence-corrected chi connectivity index (χ1v) is 9.57. The van der Waals surface area contributed by atoms with E-state index in [0.29, 0.717) is 24.2 Å². The third-order valence-electron chi connectivity index (χ3n) is 5.83. The number of nitrogens with one attached hydrogen (secondary N) is 2. The van der Waals surface area contributed by atoms with Gasteiger partial charge in [-0.2, -0.15) is 0 Å². The first-order valence-electron chi connectivity index (χ1n) is 9.57. The van der Waals surface area contributed by atoms with E-state index in [-0.39, 0.29) is 5.91 Å². The summed E-state index contributed by atoms with van der Waals surface area (Å²) in [6, 6.07) is 2.36. The second-order valence-electron chi connectivity index (χ2n) is 7.52. The molecule has 2 atom stereocenters. The lowest BCUT2D eigenvalue weighted by Gasteiger charge is -2.44. The van der Waals surface area contributed by atoms with Crippen molar-refractivity contribution in [3.8, 4) is 0 Å². The van der Waals surface area contributed by atoms with E-state index in [4.69, 9.17) is 4.74 Å². The Balaban J connectivity index is 1.48. The van der Waals surface area contributed by atoms with Crippen LogP contribution in [0.25, 0.3) is 0 Å². The maximum absolute atomic E-state index is 11.2. The highest BCUT2D eigenvalue weighted by molar-refractivity contribution is 5.73. The number of hydrogen-bond acceptors (Lipinski definition) is 4. The van der Waals surface area contributed by atoms with E-state index in [1.165, 1.54) is 38.5 Å². The Morgan fingerprint density at radius 1 is 0.957 bits per heavy atom. The zero-order chi connectivity index (χ0) is 16.1. The molecule has 3 rings (SSSR count). The van der Waals surface area contributed by atoms with Crippen LogP contribution in [0.3, 0.4) is 0 Å². The Labute approximate surface area is 140 Å². The molecule has 5 nitrogen and oxygen atoms in total. The van der Waals surface area contributed by atoms with Crippen LogP contribution in [0.5, 0.6) is 0 Å². The predicted molar refractivity (Wildman–Crippen MR) is 91.4 cm³/mol. The van der Waals surface area contributed by atoms with Gasteiger partial charge in [0.05, 0.1) is 13.2 Å². The number of morpholine rings is 1. The van der Waals surface area contributed by atoms with Crippen molar-refractivity contribution in [1.29, 1.82) is 0 Å². The quantitative estimate of drug-likeness (QED) is 0.826. The van der Waals surface area contributed by atoms with Crippen molar-refractivity contribution in [1.82, 2.24) is 15.5 Å². The highest BCUT2D eigenvalue weighted by Crippen LogP contribution is 2.27. The molecular formula is C18H33N3O2. The molecule has 5 heteroatoms. The van der Waals surface area contributed by atoms with Crippen LogP contribution in [0, 0.1) is 0 Å². The summed E-state index contributed by atoms with van der Waals surface area (Å²) < 4.78 is 5.52. The Kier molecular flexibility index (Phi) is 6.31. The zero-order valence-corrected chi connectivity index (χ0v) is 14.6. The Morgan fingerprint density at radius 2 is 1.61 bits per heavy atom. The molecule has 132 valence electrons. The summed E-state index contributed by atoms with van der Waals surface area (Å²) in [7, 11) is 0. The summed E-state index contributed by atoms with van der Waals surface area (Å²) in [6.45, 7) is 5.60. The van der Waals surface area contributed by atoms with Gasteiger partial charge in [-0.1, -0.05) is 12.8 Å². The van der Waals surface area contributed by atoms with Crippen molar-refractivity contribution in [2.45, 2.75) is 82.5 Å². The molecule has 0 bridgehead atoms. The summed E-state index contributed by atoms with van der Waals surface area (Å²) in [5.41, 5.74) is 0. The molecule has 2 N–H and O–H groups in total. The maximum Gasteiger partial charge on any atom is 0.217 e. The fourth-order valence-corrected chi connectivity index (χ4v) is 4.65. The van der Waals surface area contributed by atoms with Gasteiger partial charge in [-0.25, -0.2) is 0 Å². The van der Waals surface area contributed by atoms with E-state index in [2.05, 4.69) is 15.5 Å². The Hall–Kier alpha value is -0.650. The molecule has 0 aromatic carbocycles. The van der Waals surface area contributed by atoms with E-state index in [1.54, 1.807) is 6.92 Å². The lowest BCUT2D eigenvalue weighted by molar-refractivity contribution is -0.119. The third-order valence-corrected chi connectivity index (χ3v) is 5.83. The first kappa shape index (κ1) is 17.2. The molecule has 1 heterocycles. The highest BCUT2D eigenvalue weighted by atomic mass is 16.5. The summed E-state index contributed by atoms with van der Waals surface area (Å²) in [5, 5.41) is 7.06. The number of carbonyl (C=O) groups excluding carboxylic acids is 1. The second kappa shape index (κ2) is 8.45. The van der Waals surface area contributed by atoms with Gasteiger partial charge in [0.1, 0.15) is 0 Å². The molecule has 0 aromatic rings. The summed E-state index contributed by atoms with van der Waals surface area (Å²) in [5.74, 6) is 0.112. The van der Waals surface area contributed by atoms with E-state index in [0.717, 1.165) is 39.1 Å². The van der Waals surface area contributed by atoms with Crippen molar-refractivity contribution in [2.24, 2.45) is 0 Å². The van der Waals surface area contributed by atoms with Gasteiger partial charge in [-0.05, 0) is 38.5 Å². The second-order valence-corrected chi connectivity index (χ2v) is 7.52. The fraction of sp³-hybridized carbons (Fsp3) is 0.944. The molecule has 0 radical (unpaired) electrons. The molecule has 23 heavy (non-hydrogen) atoms. The Morgan fingerprint density at radius 3 is 2.30 bits per heavy atom. The van der Waals surface area contributed by atoms with Gasteiger partial charge in [-0.15, -0.1) is 0 Å². The van der Waals surface area contributed by atoms with Gasteiger partial charge >= 0.3 is 0 Å². The normalized spacial score (nSPS) is 36.6. The highest BCUT2D eigenvalue weighted by Gasteiger charge is 2.33. The first-order chi connectivity index (χ1) is 11.2. The van der Waals surface area contributed by atoms with E-state index >= 15 is 0 Å². The van der Waals surface area contributed by atoms with Crippen molar-refractivity contribution >= 4 is 5.91 Å². The van der Waals surface area contributed by atoms with Crippen LogP contribution >= 0.6 is 0 Å². The molecule has 0 spiro atoms. The van der Waals surface area contributed by atoms with E-state index in [1.807, 2.05) is 0 Å². The van der Waals surface area contributed by atoms with Crippen LogP contribution in [0.15, 0.2) is 0 Å². The topological polar surface area (TPSA) is 53.6 Å². The number of rotatable bonds is 4. The number of amides is 1. The van der Waals surface area contributed by atoms with Gasteiger partial charge in [0.25, 0.3) is 0 Å². The minimum Gasteiger partial charge on any atom is -0.379 e. The van der Waals surface area contributed by atoms with Crippen molar-refractivity contribution < 1.29 is 9.53 Å². The van der Waals surface area contributed by atoms with Crippen molar-refractivity contribution in [3.05, 3.63) is 0 Å². The van der Waals surface area contributed by atoms with Crippen LogP contribution < -0.4 is 10.6 Å². The zero-order valence-electron chi connectivity index (χ0n) is 14.6. The van der Waals surface area contributed by atoms with Crippen LogP contribution in [0.4, 0.5) is 0 Å². The van der Waals surface area contributed by atoms with Gasteiger partial charge in [0.15, 0.2) is 0 Å². The smallest absolute Gasteiger partial charge is 0.217 e. The van der Waals surface area contributed by atoms with Crippen LogP contribution in [0.2, 0.25) is 0 Å². The largest absolute Gasteiger partial charge is 0.379 e. The van der Waals surface area contributed by atoms with E-state index in [9.17, 15) is 4.79 Å². The number of hydrogen-bond donors (Lipinski definition) is 2. The lowest BCUT2D eigenvalue weighted by atomic mass is 9.85. The summed E-state index contributed by atoms with van der Waals surface area (Å²) >= 11 is 0. The molecule has 1 amide bonds. The molecular weight excluding hydrogens is 290 g/mol. The molecule has 0 aromatic heterocycles. The van der Waals surface area contributed by atoms with Crippen molar-refractivity contribution in [2.75, 3.05) is 26.3 Å². The van der Waals surface area contributed by atoms with E-state index < -0.39 is 0 Å². The van der Waals surface area contributed by atoms with Crippen LogP contribution in [-0.4, -0.2) is 61.3 Å². The molecule has 2 unspecified atom stereocenters. The summed E-state index contributed by atoms with van der Waals surface area (Å²) in [4.78, 5) is 13.8. The Bertz CT molecular complexity index is 376. The number of carbonyl (C=O) groups is 1. The molecule has 1 aliphatic heterocycles. The standard InChI is InChI=1S/C18H33N3O2/c1-14(22)19-15-6-8-16(9-7-15)20-17-4-2-3-5-18(17)21-10-12-23-13-11-21/h15-18,20H,2-13H2,1H3,(H,19,22). The molecule has 1 saturated heterocycles. The number of ether oxygens (including phenoxy) is 1. The van der Waals surface area contributed by atoms with Gasteiger partial charge in [0, 0.05) is 44.2 Å². The molecule has 2 aliphatic carbocycles. The molecule has 3 aliphatic rings. The van der Waals surface area contributed by atoms with Gasteiger partial charge in [0.2, 0.25) is 5.91 Å².